The molecule has 1 saturated heterocycles. The lowest BCUT2D eigenvalue weighted by Crippen LogP contribution is -2.39. The van der Waals surface area contributed by atoms with E-state index in [9.17, 15) is 33.3 Å². The van der Waals surface area contributed by atoms with Gasteiger partial charge in [0.2, 0.25) is 0 Å². The molecule has 5 aromatic rings. The molecule has 1 aliphatic heterocycles. The SMILES string of the molecule is COc1ccc(C(OCC2OC(n3cc(C#CCNC(=O)C(F)(F)F)c4cc([N+](=O)[O-])ccc43)CC2OP(OCCC#N)N(C(C)C)C(C)C)(c2ccccc2)c2ccc(OC)cc2)cc1. The number of non-ortho nitro benzene ring substituents is 1. The summed E-state index contributed by atoms with van der Waals surface area (Å²) in [5.41, 5.74) is 1.66. The predicted octanol–water partition coefficient (Wildman–Crippen LogP) is 9.55. The van der Waals surface area contributed by atoms with Crippen LogP contribution in [0.5, 0.6) is 11.5 Å². The van der Waals surface area contributed by atoms with Crippen LogP contribution >= 0.6 is 8.53 Å². The van der Waals surface area contributed by atoms with Gasteiger partial charge in [-0.3, -0.25) is 14.9 Å². The van der Waals surface area contributed by atoms with E-state index < -0.39 is 56.1 Å². The van der Waals surface area contributed by atoms with E-state index in [1.165, 1.54) is 12.1 Å². The zero-order valence-electron chi connectivity index (χ0n) is 37.3. The number of alkyl halides is 3. The Morgan fingerprint density at radius 2 is 1.56 bits per heavy atom. The fraction of sp³-hybridized carbons (Fsp3) is 0.375. The molecule has 4 unspecified atom stereocenters. The minimum absolute atomic E-state index is 0.0203. The van der Waals surface area contributed by atoms with Gasteiger partial charge in [0, 0.05) is 42.2 Å². The van der Waals surface area contributed by atoms with Gasteiger partial charge in [-0.1, -0.05) is 66.4 Å². The number of nitro groups is 1. The van der Waals surface area contributed by atoms with Crippen LogP contribution < -0.4 is 14.8 Å². The highest BCUT2D eigenvalue weighted by Crippen LogP contribution is 2.51. The number of amides is 1. The molecule has 0 saturated carbocycles. The zero-order chi connectivity index (χ0) is 47.6. The van der Waals surface area contributed by atoms with E-state index in [1.807, 2.05) is 107 Å². The Hall–Kier alpha value is -6.04. The molecule has 1 aliphatic rings. The van der Waals surface area contributed by atoms with Crippen LogP contribution in [-0.2, 0) is 28.9 Å². The minimum atomic E-state index is -5.09. The van der Waals surface area contributed by atoms with Crippen molar-refractivity contribution in [2.24, 2.45) is 0 Å². The molecule has 1 fully saturated rings. The number of methoxy groups -OCH3 is 2. The van der Waals surface area contributed by atoms with Crippen molar-refractivity contribution in [3.8, 4) is 29.4 Å². The Morgan fingerprint density at radius 1 is 0.955 bits per heavy atom. The van der Waals surface area contributed by atoms with E-state index in [1.54, 1.807) is 36.4 Å². The van der Waals surface area contributed by atoms with Gasteiger partial charge in [0.15, 0.2) is 0 Å². The standard InChI is InChI=1S/C48H51F3N5O9P/c1-32(2)55(33(3)4)66(63-27-11-25-52)65-43-29-45(54-30-34(12-10-26-53-46(57)48(49,50)51)41-28-38(56(58)59)19-24-42(41)54)64-44(43)31-62-47(35-13-8-7-9-14-35,36-15-20-39(60-5)21-16-36)37-17-22-40(61-6)23-18-37/h7-9,13-24,28,30,32-33,43-45H,11,26-27,29,31H2,1-6H3,(H,53,57). The fourth-order valence-corrected chi connectivity index (χ4v) is 9.64. The quantitative estimate of drug-likeness (QED) is 0.0210. The van der Waals surface area contributed by atoms with Gasteiger partial charge < -0.3 is 37.9 Å². The third kappa shape index (κ3) is 11.3. The van der Waals surface area contributed by atoms with Gasteiger partial charge in [0.25, 0.3) is 14.2 Å². The molecule has 0 spiro atoms. The first-order chi connectivity index (χ1) is 31.6. The van der Waals surface area contributed by atoms with Crippen LogP contribution in [0.3, 0.4) is 0 Å². The Morgan fingerprint density at radius 3 is 2.11 bits per heavy atom. The zero-order valence-corrected chi connectivity index (χ0v) is 38.2. The van der Waals surface area contributed by atoms with Crippen molar-refractivity contribution in [3.05, 3.63) is 136 Å². The smallest absolute Gasteiger partial charge is 0.471 e. The number of carbonyl (C=O) groups excluding carboxylic acids is 1. The number of nitrogens with zero attached hydrogens (tertiary/aromatic N) is 4. The monoisotopic (exact) mass is 929 g/mol. The van der Waals surface area contributed by atoms with E-state index in [2.05, 4.69) is 22.6 Å². The van der Waals surface area contributed by atoms with Crippen molar-refractivity contribution in [2.75, 3.05) is 34.0 Å². The summed E-state index contributed by atoms with van der Waals surface area (Å²) in [6.45, 7) is 7.56. The number of carbonyl (C=O) groups is 1. The summed E-state index contributed by atoms with van der Waals surface area (Å²) in [6, 6.07) is 31.3. The van der Waals surface area contributed by atoms with Crippen LogP contribution in [0.4, 0.5) is 18.9 Å². The molecule has 0 bridgehead atoms. The predicted molar refractivity (Wildman–Crippen MR) is 241 cm³/mol. The summed E-state index contributed by atoms with van der Waals surface area (Å²) in [5, 5.41) is 23.4. The summed E-state index contributed by atoms with van der Waals surface area (Å²) in [5.74, 6) is 4.48. The summed E-state index contributed by atoms with van der Waals surface area (Å²) in [7, 11) is 1.39. The first-order valence-corrected chi connectivity index (χ1v) is 22.3. The highest BCUT2D eigenvalue weighted by atomic mass is 31.2. The summed E-state index contributed by atoms with van der Waals surface area (Å²) >= 11 is 0. The Labute approximate surface area is 382 Å². The second kappa shape index (κ2) is 22.0. The number of nitro benzene ring substituents is 1. The lowest BCUT2D eigenvalue weighted by Gasteiger charge is -2.39. The number of hydrogen-bond acceptors (Lipinski definition) is 11. The van der Waals surface area contributed by atoms with Crippen molar-refractivity contribution >= 4 is 31.0 Å². The van der Waals surface area contributed by atoms with Crippen LogP contribution in [0, 0.1) is 33.3 Å². The fourth-order valence-electron chi connectivity index (χ4n) is 7.88. The van der Waals surface area contributed by atoms with Crippen LogP contribution in [0.25, 0.3) is 10.9 Å². The molecule has 2 heterocycles. The third-order valence-electron chi connectivity index (χ3n) is 10.9. The second-order valence-corrected chi connectivity index (χ2v) is 17.2. The maximum Gasteiger partial charge on any atom is 0.471 e. The molecule has 18 heteroatoms. The number of rotatable bonds is 19. The maximum absolute atomic E-state index is 12.9. The normalized spacial score (nSPS) is 16.8. The molecule has 348 valence electrons. The van der Waals surface area contributed by atoms with Gasteiger partial charge in [0.05, 0.1) is 68.6 Å². The number of fused-ring (bicyclic) bond motifs is 1. The van der Waals surface area contributed by atoms with Gasteiger partial charge in [-0.15, -0.1) is 0 Å². The number of aromatic nitrogens is 1. The van der Waals surface area contributed by atoms with Crippen molar-refractivity contribution in [1.82, 2.24) is 14.6 Å². The second-order valence-electron chi connectivity index (χ2n) is 15.8. The van der Waals surface area contributed by atoms with E-state index >= 15 is 0 Å². The van der Waals surface area contributed by atoms with Crippen LogP contribution in [0.1, 0.15) is 69.0 Å². The lowest BCUT2D eigenvalue weighted by molar-refractivity contribution is -0.384. The number of benzene rings is 4. The van der Waals surface area contributed by atoms with E-state index in [0.717, 1.165) is 16.7 Å². The van der Waals surface area contributed by atoms with E-state index in [-0.39, 0.29) is 49.4 Å². The first kappa shape index (κ1) is 49.4. The lowest BCUT2D eigenvalue weighted by atomic mass is 9.80. The van der Waals surface area contributed by atoms with E-state index in [0.29, 0.717) is 22.4 Å². The van der Waals surface area contributed by atoms with Crippen LogP contribution in [0.2, 0.25) is 0 Å². The molecule has 4 atom stereocenters. The van der Waals surface area contributed by atoms with Crippen molar-refractivity contribution in [2.45, 2.75) is 82.8 Å². The Balaban J connectivity index is 1.46. The van der Waals surface area contributed by atoms with Gasteiger partial charge in [-0.05, 0) is 74.7 Å². The molecule has 0 aliphatic carbocycles. The number of halogens is 3. The third-order valence-corrected chi connectivity index (χ3v) is 13.0. The van der Waals surface area contributed by atoms with Crippen molar-refractivity contribution < 1.29 is 50.9 Å². The average Bonchev–Trinajstić information content (AvgIpc) is 3.88. The highest BCUT2D eigenvalue weighted by molar-refractivity contribution is 7.44. The molecule has 66 heavy (non-hydrogen) atoms. The Bertz CT molecular complexity index is 2480. The van der Waals surface area contributed by atoms with Gasteiger partial charge in [0.1, 0.15) is 29.4 Å². The maximum atomic E-state index is 12.9. The van der Waals surface area contributed by atoms with Crippen molar-refractivity contribution in [1.29, 1.82) is 5.26 Å². The molecule has 1 aromatic heterocycles. The molecule has 0 radical (unpaired) electrons. The van der Waals surface area contributed by atoms with E-state index in [4.69, 9.17) is 28.0 Å². The summed E-state index contributed by atoms with van der Waals surface area (Å²) < 4.78 is 81.2. The number of nitriles is 1. The molecule has 4 aromatic carbocycles. The van der Waals surface area contributed by atoms with Crippen LogP contribution in [0.15, 0.2) is 103 Å². The largest absolute Gasteiger partial charge is 0.497 e. The molecule has 1 amide bonds. The highest BCUT2D eigenvalue weighted by Gasteiger charge is 2.45. The topological polar surface area (TPSA) is 160 Å². The number of hydrogen-bond donors (Lipinski definition) is 1. The van der Waals surface area contributed by atoms with Crippen LogP contribution in [-0.4, -0.2) is 84.5 Å². The van der Waals surface area contributed by atoms with Gasteiger partial charge >= 0.3 is 12.1 Å². The summed E-state index contributed by atoms with van der Waals surface area (Å²) in [4.78, 5) is 22.8. The number of ether oxygens (including phenoxy) is 4. The van der Waals surface area contributed by atoms with Crippen molar-refractivity contribution in [3.63, 3.8) is 0 Å². The molecule has 14 nitrogen and oxygen atoms in total. The first-order valence-electron chi connectivity index (χ1n) is 21.1. The minimum Gasteiger partial charge on any atom is -0.497 e. The average molecular weight is 930 g/mol. The summed E-state index contributed by atoms with van der Waals surface area (Å²) in [6.07, 6.45) is -5.41. The Kier molecular flexibility index (Phi) is 16.4. The molecule has 6 rings (SSSR count). The number of nitrogens with one attached hydrogen (secondary N) is 1. The molecule has 1 N–H and O–H groups in total. The van der Waals surface area contributed by atoms with Gasteiger partial charge in [-0.25, -0.2) is 4.67 Å². The molecular formula is C48H51F3N5O9P. The van der Waals surface area contributed by atoms with Gasteiger partial charge in [-0.2, -0.15) is 18.4 Å². The molecular weight excluding hydrogens is 879 g/mol.